The number of benzene rings is 2. The summed E-state index contributed by atoms with van der Waals surface area (Å²) >= 11 is 0. The zero-order chi connectivity index (χ0) is 29.9. The molecule has 2 aromatic carbocycles. The Morgan fingerprint density at radius 1 is 0.976 bits per heavy atom. The fourth-order valence-corrected chi connectivity index (χ4v) is 7.59. The van der Waals surface area contributed by atoms with Crippen LogP contribution >= 0.6 is 0 Å². The van der Waals surface area contributed by atoms with Crippen molar-refractivity contribution < 1.29 is 31.2 Å². The first-order valence-electron chi connectivity index (χ1n) is 13.7. The van der Waals surface area contributed by atoms with Crippen LogP contribution in [0.5, 0.6) is 0 Å². The van der Waals surface area contributed by atoms with Crippen molar-refractivity contribution in [2.75, 3.05) is 17.6 Å². The van der Waals surface area contributed by atoms with Gasteiger partial charge < -0.3 is 15.5 Å². The zero-order valence-electron chi connectivity index (χ0n) is 22.6. The highest BCUT2D eigenvalue weighted by Gasteiger charge is 2.43. The van der Waals surface area contributed by atoms with Crippen molar-refractivity contribution in [2.24, 2.45) is 5.92 Å². The van der Waals surface area contributed by atoms with E-state index in [1.54, 1.807) is 47.6 Å². The Kier molecular flexibility index (Phi) is 8.53. The van der Waals surface area contributed by atoms with Crippen molar-refractivity contribution in [1.29, 1.82) is 0 Å². The molecule has 2 amide bonds. The summed E-state index contributed by atoms with van der Waals surface area (Å²) in [6.45, 7) is 0.307. The Labute approximate surface area is 242 Å². The Bertz CT molecular complexity index is 1520. The molecule has 1 aromatic heterocycles. The van der Waals surface area contributed by atoms with Gasteiger partial charge in [0.05, 0.1) is 16.2 Å². The fourth-order valence-electron chi connectivity index (χ4n) is 5.90. The summed E-state index contributed by atoms with van der Waals surface area (Å²) in [5.41, 5.74) is -0.271. The van der Waals surface area contributed by atoms with E-state index in [2.05, 4.69) is 15.6 Å². The molecule has 2 heterocycles. The van der Waals surface area contributed by atoms with Crippen LogP contribution in [0, 0.1) is 5.92 Å². The first kappa shape index (κ1) is 29.6. The van der Waals surface area contributed by atoms with Gasteiger partial charge in [0.2, 0.25) is 5.91 Å². The minimum atomic E-state index is -4.60. The second-order valence-electron chi connectivity index (χ2n) is 10.7. The third-order valence-electron chi connectivity index (χ3n) is 7.93. The van der Waals surface area contributed by atoms with E-state index in [1.807, 2.05) is 12.1 Å². The van der Waals surface area contributed by atoms with Crippen molar-refractivity contribution >= 4 is 27.3 Å². The lowest BCUT2D eigenvalue weighted by Crippen LogP contribution is -2.51. The minimum absolute atomic E-state index is 0.0197. The summed E-state index contributed by atoms with van der Waals surface area (Å²) in [6.07, 6.45) is 0.763. The minimum Gasteiger partial charge on any atom is -0.382 e. The smallest absolute Gasteiger partial charge is 0.382 e. The third kappa shape index (κ3) is 6.75. The Hall–Kier alpha value is -3.93. The van der Waals surface area contributed by atoms with Gasteiger partial charge >= 0.3 is 6.18 Å². The Balaban J connectivity index is 1.32. The maximum absolute atomic E-state index is 13.5. The van der Waals surface area contributed by atoms with E-state index >= 15 is 0 Å². The fraction of sp³-hybridized carbons (Fsp3) is 0.367. The largest absolute Gasteiger partial charge is 0.416 e. The summed E-state index contributed by atoms with van der Waals surface area (Å²) in [7, 11) is -3.66. The summed E-state index contributed by atoms with van der Waals surface area (Å²) in [6, 6.07) is 14.6. The number of rotatable bonds is 8. The molecule has 2 N–H and O–H groups in total. The van der Waals surface area contributed by atoms with Crippen LogP contribution in [-0.2, 0) is 20.8 Å². The van der Waals surface area contributed by atoms with Crippen molar-refractivity contribution in [3.05, 3.63) is 90.3 Å². The molecule has 0 spiro atoms. The maximum atomic E-state index is 13.5. The lowest BCUT2D eigenvalue weighted by molar-refractivity contribution is -0.137. The number of nitrogens with zero attached hydrogens (tertiary/aromatic N) is 2. The number of hydrogen-bond donors (Lipinski definition) is 2. The number of aromatic nitrogens is 1. The van der Waals surface area contributed by atoms with Gasteiger partial charge in [-0.2, -0.15) is 13.2 Å². The second kappa shape index (κ2) is 12.1. The second-order valence-corrected chi connectivity index (χ2v) is 12.8. The molecule has 1 aliphatic heterocycles. The molecule has 1 aliphatic carbocycles. The molecule has 0 bridgehead atoms. The van der Waals surface area contributed by atoms with Crippen molar-refractivity contribution in [2.45, 2.75) is 54.9 Å². The molecule has 1 saturated carbocycles. The van der Waals surface area contributed by atoms with E-state index in [0.717, 1.165) is 23.9 Å². The maximum Gasteiger partial charge on any atom is 0.416 e. The molecule has 2 aliphatic rings. The van der Waals surface area contributed by atoms with Gasteiger partial charge in [0.25, 0.3) is 5.91 Å². The quantitative estimate of drug-likeness (QED) is 0.393. The number of halogens is 3. The van der Waals surface area contributed by atoms with Gasteiger partial charge in [-0.1, -0.05) is 24.3 Å². The molecular formula is C30H31F3N4O4S. The zero-order valence-corrected chi connectivity index (χ0v) is 23.4. The number of likely N-dealkylation sites (tertiary alicyclic amines) is 1. The van der Waals surface area contributed by atoms with E-state index in [1.165, 1.54) is 6.07 Å². The van der Waals surface area contributed by atoms with Gasteiger partial charge in [-0.05, 0) is 74.1 Å². The predicted molar refractivity (Wildman–Crippen MR) is 150 cm³/mol. The monoisotopic (exact) mass is 600 g/mol. The number of nitrogens with one attached hydrogen (secondary N) is 2. The van der Waals surface area contributed by atoms with Crippen molar-refractivity contribution in [3.8, 4) is 0 Å². The van der Waals surface area contributed by atoms with Crippen LogP contribution in [-0.4, -0.2) is 60.5 Å². The number of carbonyl (C=O) groups is 2. The van der Waals surface area contributed by atoms with Crippen molar-refractivity contribution in [1.82, 2.24) is 15.2 Å². The molecule has 5 rings (SSSR count). The van der Waals surface area contributed by atoms with Crippen LogP contribution in [0.4, 0.5) is 18.9 Å². The Morgan fingerprint density at radius 3 is 2.43 bits per heavy atom. The van der Waals surface area contributed by atoms with Crippen LogP contribution in [0.25, 0.3) is 0 Å². The predicted octanol–water partition coefficient (Wildman–Crippen LogP) is 4.55. The molecule has 1 saturated heterocycles. The van der Waals surface area contributed by atoms with Gasteiger partial charge in [0.1, 0.15) is 6.04 Å². The molecule has 222 valence electrons. The molecule has 12 heteroatoms. The highest BCUT2D eigenvalue weighted by Crippen LogP contribution is 2.35. The molecule has 1 unspecified atom stereocenters. The van der Waals surface area contributed by atoms with Crippen LogP contribution in [0.3, 0.4) is 0 Å². The highest BCUT2D eigenvalue weighted by atomic mass is 32.2. The summed E-state index contributed by atoms with van der Waals surface area (Å²) in [5, 5.41) is 6.04. The molecule has 8 nitrogen and oxygen atoms in total. The average Bonchev–Trinajstić information content (AvgIpc) is 3.33. The van der Waals surface area contributed by atoms with Crippen LogP contribution in [0.15, 0.2) is 84.0 Å². The number of alkyl halides is 3. The molecule has 42 heavy (non-hydrogen) atoms. The standard InChI is InChI=1S/C30H31F3N4O4S/c31-30(32,33)22-6-4-5-20(17-22)28(38)36-26-13-16-37(29(26)39)27-10-9-24(35-23-11-14-34-15-12-23)18-21(27)19-42(40,41)25-7-2-1-3-8-25/h1-8,11-12,14-15,17,21,24,26-27H,9-10,13,16,18-19H2,(H,34,35)(H,36,38)/t21-,24+,26?,27-/m0/s1. The lowest BCUT2D eigenvalue weighted by Gasteiger charge is -2.41. The number of hydrogen-bond acceptors (Lipinski definition) is 6. The molecule has 2 fully saturated rings. The van der Waals surface area contributed by atoms with Crippen LogP contribution in [0.1, 0.15) is 41.6 Å². The number of sulfone groups is 1. The lowest BCUT2D eigenvalue weighted by atomic mass is 9.81. The summed E-state index contributed by atoms with van der Waals surface area (Å²) in [4.78, 5) is 32.2. The van der Waals surface area contributed by atoms with E-state index < -0.39 is 33.5 Å². The number of amides is 2. The van der Waals surface area contributed by atoms with Gasteiger partial charge in [-0.15, -0.1) is 0 Å². The SMILES string of the molecule is O=C(NC1CCN([C@H]2CC[C@@H](Nc3ccncc3)C[C@H]2CS(=O)(=O)c2ccccc2)C1=O)c1cccc(C(F)(F)F)c1. The molecule has 3 aromatic rings. The van der Waals surface area contributed by atoms with E-state index in [0.29, 0.717) is 25.8 Å². The highest BCUT2D eigenvalue weighted by molar-refractivity contribution is 7.91. The van der Waals surface area contributed by atoms with Crippen LogP contribution in [0.2, 0.25) is 0 Å². The van der Waals surface area contributed by atoms with Crippen molar-refractivity contribution in [3.63, 3.8) is 0 Å². The van der Waals surface area contributed by atoms with E-state index in [9.17, 15) is 31.2 Å². The summed E-state index contributed by atoms with van der Waals surface area (Å²) < 4.78 is 66.2. The third-order valence-corrected chi connectivity index (χ3v) is 9.78. The molecule has 4 atom stereocenters. The number of carbonyl (C=O) groups excluding carboxylic acids is 2. The van der Waals surface area contributed by atoms with Gasteiger partial charge in [0, 0.05) is 42.3 Å². The first-order chi connectivity index (χ1) is 20.0. The number of anilines is 1. The van der Waals surface area contributed by atoms with E-state index in [4.69, 9.17) is 0 Å². The molecular weight excluding hydrogens is 569 g/mol. The summed E-state index contributed by atoms with van der Waals surface area (Å²) in [5.74, 6) is -1.66. The van der Waals surface area contributed by atoms with E-state index in [-0.39, 0.29) is 46.5 Å². The van der Waals surface area contributed by atoms with Crippen LogP contribution < -0.4 is 10.6 Å². The average molecular weight is 601 g/mol. The normalized spacial score (nSPS) is 23.0. The number of pyridine rings is 1. The first-order valence-corrected chi connectivity index (χ1v) is 15.4. The van der Waals surface area contributed by atoms with Gasteiger partial charge in [0.15, 0.2) is 9.84 Å². The topological polar surface area (TPSA) is 108 Å². The molecule has 0 radical (unpaired) electrons. The Morgan fingerprint density at radius 2 is 1.71 bits per heavy atom. The van der Waals surface area contributed by atoms with Gasteiger partial charge in [-0.25, -0.2) is 8.42 Å². The van der Waals surface area contributed by atoms with Gasteiger partial charge in [-0.3, -0.25) is 14.6 Å².